The SMILES string of the molecule is CCOC(=O)N1CCc2c(sc(NC(=O)c3ccc(S(=O)(=O)N(C)c4ccccc4)cc3)c2C(=O)N2CCCCC2)C1. The average molecular weight is 611 g/mol. The number of ether oxygens (including phenoxy) is 1. The molecule has 0 atom stereocenters. The van der Waals surface area contributed by atoms with E-state index in [1.54, 1.807) is 36.1 Å². The molecule has 1 aromatic heterocycles. The number of thiophene rings is 1. The van der Waals surface area contributed by atoms with Crippen LogP contribution >= 0.6 is 11.3 Å². The first-order valence-corrected chi connectivity index (χ1v) is 16.3. The molecule has 3 heterocycles. The summed E-state index contributed by atoms with van der Waals surface area (Å²) in [5.74, 6) is -0.568. The number of fused-ring (bicyclic) bond motifs is 1. The molecule has 0 aliphatic carbocycles. The molecule has 0 bridgehead atoms. The van der Waals surface area contributed by atoms with Gasteiger partial charge in [0.1, 0.15) is 5.00 Å². The number of sulfonamides is 1. The Bertz CT molecular complexity index is 1560. The average Bonchev–Trinajstić information content (AvgIpc) is 3.38. The van der Waals surface area contributed by atoms with Gasteiger partial charge in [-0.05, 0) is 74.6 Å². The van der Waals surface area contributed by atoms with Gasteiger partial charge in [-0.2, -0.15) is 0 Å². The third-order valence-electron chi connectivity index (χ3n) is 7.56. The van der Waals surface area contributed by atoms with Gasteiger partial charge in [-0.15, -0.1) is 11.3 Å². The number of piperidine rings is 1. The highest BCUT2D eigenvalue weighted by molar-refractivity contribution is 7.92. The summed E-state index contributed by atoms with van der Waals surface area (Å²) in [5, 5.41) is 3.35. The Labute approximate surface area is 249 Å². The molecule has 0 saturated carbocycles. The van der Waals surface area contributed by atoms with Gasteiger partial charge in [0, 0.05) is 37.1 Å². The highest BCUT2D eigenvalue weighted by Gasteiger charge is 2.33. The van der Waals surface area contributed by atoms with E-state index in [1.807, 2.05) is 11.0 Å². The fourth-order valence-electron chi connectivity index (χ4n) is 5.23. The Hall–Kier alpha value is -3.90. The Morgan fingerprint density at radius 1 is 0.952 bits per heavy atom. The first-order chi connectivity index (χ1) is 20.2. The molecule has 1 saturated heterocycles. The number of likely N-dealkylation sites (tertiary alicyclic amines) is 1. The molecule has 2 aliphatic rings. The molecule has 1 N–H and O–H groups in total. The number of anilines is 2. The second kappa shape index (κ2) is 12.5. The molecule has 42 heavy (non-hydrogen) atoms. The molecule has 0 unspecified atom stereocenters. The lowest BCUT2D eigenvalue weighted by molar-refractivity contribution is 0.0724. The fourth-order valence-corrected chi connectivity index (χ4v) is 7.68. The van der Waals surface area contributed by atoms with E-state index in [-0.39, 0.29) is 23.0 Å². The van der Waals surface area contributed by atoms with Crippen molar-refractivity contribution in [3.8, 4) is 0 Å². The maximum Gasteiger partial charge on any atom is 0.410 e. The van der Waals surface area contributed by atoms with E-state index in [4.69, 9.17) is 4.74 Å². The van der Waals surface area contributed by atoms with Crippen LogP contribution in [0.2, 0.25) is 0 Å². The second-order valence-electron chi connectivity index (χ2n) is 10.2. The van der Waals surface area contributed by atoms with Crippen molar-refractivity contribution >= 4 is 50.0 Å². The van der Waals surface area contributed by atoms with Gasteiger partial charge in [0.05, 0.1) is 29.3 Å². The van der Waals surface area contributed by atoms with Crippen LogP contribution < -0.4 is 9.62 Å². The summed E-state index contributed by atoms with van der Waals surface area (Å²) in [5.41, 5.74) is 2.12. The number of hydrogen-bond donors (Lipinski definition) is 1. The van der Waals surface area contributed by atoms with E-state index in [2.05, 4.69) is 5.32 Å². The van der Waals surface area contributed by atoms with Crippen LogP contribution in [-0.2, 0) is 27.7 Å². The Kier molecular flexibility index (Phi) is 8.83. The van der Waals surface area contributed by atoms with Crippen molar-refractivity contribution in [1.29, 1.82) is 0 Å². The lowest BCUT2D eigenvalue weighted by Crippen LogP contribution is -2.38. The molecule has 2 aliphatic heterocycles. The van der Waals surface area contributed by atoms with Gasteiger partial charge < -0.3 is 19.9 Å². The quantitative estimate of drug-likeness (QED) is 0.404. The zero-order valence-electron chi connectivity index (χ0n) is 23.7. The molecule has 2 aromatic carbocycles. The number of hydrogen-bond acceptors (Lipinski definition) is 7. The van der Waals surface area contributed by atoms with Gasteiger partial charge >= 0.3 is 6.09 Å². The highest BCUT2D eigenvalue weighted by Crippen LogP contribution is 2.39. The molecule has 0 radical (unpaired) electrons. The summed E-state index contributed by atoms with van der Waals surface area (Å²) in [6, 6.07) is 14.5. The molecule has 222 valence electrons. The smallest absolute Gasteiger partial charge is 0.410 e. The van der Waals surface area contributed by atoms with Gasteiger partial charge in [0.15, 0.2) is 0 Å². The van der Waals surface area contributed by atoms with E-state index >= 15 is 0 Å². The summed E-state index contributed by atoms with van der Waals surface area (Å²) in [4.78, 5) is 43.8. The van der Waals surface area contributed by atoms with Crippen molar-refractivity contribution in [3.63, 3.8) is 0 Å². The first kappa shape index (κ1) is 29.6. The van der Waals surface area contributed by atoms with Gasteiger partial charge in [-0.25, -0.2) is 13.2 Å². The topological polar surface area (TPSA) is 116 Å². The third-order valence-corrected chi connectivity index (χ3v) is 10.5. The van der Waals surface area contributed by atoms with Crippen molar-refractivity contribution in [2.24, 2.45) is 0 Å². The maximum atomic E-state index is 13.7. The molecule has 1 fully saturated rings. The molecule has 0 spiro atoms. The predicted molar refractivity (Wildman–Crippen MR) is 162 cm³/mol. The van der Waals surface area contributed by atoms with Crippen molar-refractivity contribution in [1.82, 2.24) is 9.80 Å². The van der Waals surface area contributed by atoms with Crippen LogP contribution in [0.3, 0.4) is 0 Å². The molecule has 3 amide bonds. The summed E-state index contributed by atoms with van der Waals surface area (Å²) in [6.45, 7) is 4.08. The number of benzene rings is 2. The summed E-state index contributed by atoms with van der Waals surface area (Å²) >= 11 is 1.29. The number of rotatable bonds is 7. The molecule has 10 nitrogen and oxygen atoms in total. The minimum atomic E-state index is -3.83. The predicted octanol–water partition coefficient (Wildman–Crippen LogP) is 4.97. The van der Waals surface area contributed by atoms with Crippen molar-refractivity contribution in [2.75, 3.05) is 42.9 Å². The number of carbonyl (C=O) groups excluding carboxylic acids is 3. The normalized spacial score (nSPS) is 15.1. The summed E-state index contributed by atoms with van der Waals surface area (Å²) in [7, 11) is -2.35. The third kappa shape index (κ3) is 6.00. The summed E-state index contributed by atoms with van der Waals surface area (Å²) < 4.78 is 32.7. The van der Waals surface area contributed by atoms with E-state index in [9.17, 15) is 22.8 Å². The number of carbonyl (C=O) groups is 3. The molecule has 5 rings (SSSR count). The van der Waals surface area contributed by atoms with Crippen LogP contribution in [-0.4, -0.2) is 69.4 Å². The Morgan fingerprint density at radius 2 is 1.64 bits per heavy atom. The molecule has 12 heteroatoms. The molecular weight excluding hydrogens is 576 g/mol. The van der Waals surface area contributed by atoms with Crippen LogP contribution in [0.4, 0.5) is 15.5 Å². The largest absolute Gasteiger partial charge is 0.450 e. The van der Waals surface area contributed by atoms with Gasteiger partial charge in [0.2, 0.25) is 0 Å². The van der Waals surface area contributed by atoms with Crippen LogP contribution in [0.5, 0.6) is 0 Å². The molecular formula is C30H34N4O6S2. The minimum absolute atomic E-state index is 0.0528. The maximum absolute atomic E-state index is 13.7. The first-order valence-electron chi connectivity index (χ1n) is 14.0. The summed E-state index contributed by atoms with van der Waals surface area (Å²) in [6.07, 6.45) is 3.03. The van der Waals surface area contributed by atoms with Crippen molar-refractivity contribution in [3.05, 3.63) is 76.2 Å². The van der Waals surface area contributed by atoms with Crippen LogP contribution in [0.15, 0.2) is 59.5 Å². The van der Waals surface area contributed by atoms with Crippen LogP contribution in [0.25, 0.3) is 0 Å². The lowest BCUT2D eigenvalue weighted by atomic mass is 10.0. The monoisotopic (exact) mass is 610 g/mol. The Balaban J connectivity index is 1.39. The second-order valence-corrected chi connectivity index (χ2v) is 13.3. The van der Waals surface area contributed by atoms with Crippen molar-refractivity contribution < 1.29 is 27.5 Å². The number of nitrogens with zero attached hydrogens (tertiary/aromatic N) is 3. The zero-order chi connectivity index (χ0) is 29.9. The number of nitrogens with one attached hydrogen (secondary N) is 1. The molecule has 3 aromatic rings. The van der Waals surface area contributed by atoms with E-state index in [1.165, 1.54) is 47.0 Å². The van der Waals surface area contributed by atoms with Crippen LogP contribution in [0, 0.1) is 0 Å². The van der Waals surface area contributed by atoms with E-state index in [0.717, 1.165) is 29.7 Å². The van der Waals surface area contributed by atoms with Gasteiger partial charge in [-0.1, -0.05) is 18.2 Å². The number of amides is 3. The fraction of sp³-hybridized carbons (Fsp3) is 0.367. The van der Waals surface area contributed by atoms with E-state index < -0.39 is 22.0 Å². The van der Waals surface area contributed by atoms with Gasteiger partial charge in [0.25, 0.3) is 21.8 Å². The standard InChI is InChI=1S/C30H34N4O6S2/c1-3-40-30(37)34-19-16-24-25(20-34)41-28(26(24)29(36)33-17-8-5-9-18-33)31-27(35)21-12-14-23(15-13-21)42(38,39)32(2)22-10-6-4-7-11-22/h4,6-7,10-15H,3,5,8-9,16-20H2,1-2H3,(H,31,35). The minimum Gasteiger partial charge on any atom is -0.450 e. The Morgan fingerprint density at radius 3 is 2.31 bits per heavy atom. The number of para-hydroxylation sites is 1. The van der Waals surface area contributed by atoms with Gasteiger partial charge in [-0.3, -0.25) is 13.9 Å². The highest BCUT2D eigenvalue weighted by atomic mass is 32.2. The van der Waals surface area contributed by atoms with Crippen LogP contribution in [0.1, 0.15) is 57.3 Å². The van der Waals surface area contributed by atoms with Crippen molar-refractivity contribution in [2.45, 2.75) is 44.0 Å². The lowest BCUT2D eigenvalue weighted by Gasteiger charge is -2.29. The van der Waals surface area contributed by atoms with E-state index in [0.29, 0.717) is 48.9 Å². The zero-order valence-corrected chi connectivity index (χ0v) is 25.3.